The maximum atomic E-state index is 12.0. The fourth-order valence-corrected chi connectivity index (χ4v) is 4.28. The molecule has 130 valence electrons. The van der Waals surface area contributed by atoms with E-state index >= 15 is 0 Å². The Morgan fingerprint density at radius 2 is 1.79 bits per heavy atom. The van der Waals surface area contributed by atoms with Crippen molar-refractivity contribution < 1.29 is 8.84 Å². The minimum atomic E-state index is -1.91. The predicted octanol–water partition coefficient (Wildman–Crippen LogP) is 5.83. The van der Waals surface area contributed by atoms with E-state index in [0.717, 1.165) is 16.7 Å². The third-order valence-corrected chi connectivity index (χ3v) is 10.1. The molecule has 1 aromatic carbocycles. The Morgan fingerprint density at radius 3 is 2.42 bits per heavy atom. The first-order valence-corrected chi connectivity index (χ1v) is 11.8. The molecular formula is C20H28O3Si. The molecule has 24 heavy (non-hydrogen) atoms. The zero-order valence-corrected chi connectivity index (χ0v) is 16.4. The lowest BCUT2D eigenvalue weighted by atomic mass is 9.95. The molecule has 0 spiro atoms. The highest BCUT2D eigenvalue weighted by Gasteiger charge is 2.39. The molecule has 4 heteroatoms. The summed E-state index contributed by atoms with van der Waals surface area (Å²) in [7, 11) is -1.91. The van der Waals surface area contributed by atoms with Gasteiger partial charge >= 0.3 is 5.63 Å². The van der Waals surface area contributed by atoms with Crippen LogP contribution in [0.15, 0.2) is 33.5 Å². The molecule has 1 aromatic heterocycles. The number of rotatable bonds is 3. The first kappa shape index (κ1) is 17.3. The molecule has 3 rings (SSSR count). The quantitative estimate of drug-likeness (QED) is 0.519. The first-order valence-electron chi connectivity index (χ1n) is 8.94. The van der Waals surface area contributed by atoms with Gasteiger partial charge in [-0.05, 0) is 54.6 Å². The van der Waals surface area contributed by atoms with E-state index in [0.29, 0.717) is 11.5 Å². The lowest BCUT2D eigenvalue weighted by Crippen LogP contribution is -2.43. The van der Waals surface area contributed by atoms with Crippen molar-refractivity contribution in [1.82, 2.24) is 0 Å². The largest absolute Gasteiger partial charge is 0.543 e. The van der Waals surface area contributed by atoms with E-state index in [2.05, 4.69) is 39.9 Å². The van der Waals surface area contributed by atoms with Crippen LogP contribution in [0.25, 0.3) is 11.0 Å². The highest BCUT2D eigenvalue weighted by atomic mass is 28.4. The van der Waals surface area contributed by atoms with Crippen molar-refractivity contribution >= 4 is 19.3 Å². The highest BCUT2D eigenvalue weighted by molar-refractivity contribution is 6.74. The van der Waals surface area contributed by atoms with Gasteiger partial charge in [0.2, 0.25) is 8.32 Å². The molecule has 0 amide bonds. The molecule has 0 radical (unpaired) electrons. The van der Waals surface area contributed by atoms with E-state index < -0.39 is 8.32 Å². The van der Waals surface area contributed by atoms with Crippen LogP contribution in [0.5, 0.6) is 5.75 Å². The first-order chi connectivity index (χ1) is 11.2. The molecule has 0 aliphatic heterocycles. The van der Waals surface area contributed by atoms with Crippen molar-refractivity contribution in [2.45, 2.75) is 70.5 Å². The number of hydrogen-bond acceptors (Lipinski definition) is 3. The number of fused-ring (bicyclic) bond motifs is 1. The molecule has 2 aromatic rings. The maximum absolute atomic E-state index is 12.0. The van der Waals surface area contributed by atoms with Crippen LogP contribution in [0.1, 0.15) is 57.9 Å². The van der Waals surface area contributed by atoms with Gasteiger partial charge in [0, 0.05) is 17.5 Å². The third kappa shape index (κ3) is 3.29. The summed E-state index contributed by atoms with van der Waals surface area (Å²) < 4.78 is 11.8. The van der Waals surface area contributed by atoms with Crippen LogP contribution >= 0.6 is 0 Å². The van der Waals surface area contributed by atoms with Gasteiger partial charge in [-0.15, -0.1) is 0 Å². The molecule has 1 heterocycles. The fraction of sp³-hybridized carbons (Fsp3) is 0.550. The summed E-state index contributed by atoms with van der Waals surface area (Å²) in [6, 6.07) is 7.68. The van der Waals surface area contributed by atoms with Crippen molar-refractivity contribution in [2.24, 2.45) is 0 Å². The highest BCUT2D eigenvalue weighted by Crippen LogP contribution is 2.40. The standard InChI is InChI=1S/C20H28O3Si/c1-20(2,3)24(4,5)23-15-10-11-16-17(14-8-6-7-9-14)13-19(21)22-18(16)12-15/h10-14H,6-9H2,1-5H3. The second-order valence-corrected chi connectivity index (χ2v) is 13.2. The Bertz CT molecular complexity index is 793. The Labute approximate surface area is 145 Å². The molecule has 0 atom stereocenters. The molecule has 1 saturated carbocycles. The molecule has 1 aliphatic rings. The topological polar surface area (TPSA) is 39.4 Å². The van der Waals surface area contributed by atoms with Gasteiger partial charge in [0.05, 0.1) is 0 Å². The van der Waals surface area contributed by atoms with Crippen LogP contribution in [0.4, 0.5) is 0 Å². The Morgan fingerprint density at radius 1 is 1.12 bits per heavy atom. The van der Waals surface area contributed by atoms with Crippen LogP contribution in [0.2, 0.25) is 18.1 Å². The molecule has 0 unspecified atom stereocenters. The second kappa shape index (κ2) is 6.07. The second-order valence-electron chi connectivity index (χ2n) is 8.52. The minimum Gasteiger partial charge on any atom is -0.543 e. The summed E-state index contributed by atoms with van der Waals surface area (Å²) in [5.41, 5.74) is 1.55. The summed E-state index contributed by atoms with van der Waals surface area (Å²) in [5, 5.41) is 1.19. The van der Waals surface area contributed by atoms with E-state index in [-0.39, 0.29) is 10.7 Å². The molecule has 0 N–H and O–H groups in total. The average molecular weight is 345 g/mol. The van der Waals surface area contributed by atoms with Crippen LogP contribution in [-0.2, 0) is 0 Å². The number of benzene rings is 1. The Balaban J connectivity index is 2.01. The normalized spacial score (nSPS) is 16.7. The molecule has 3 nitrogen and oxygen atoms in total. The van der Waals surface area contributed by atoms with Gasteiger partial charge in [-0.2, -0.15) is 0 Å². The number of hydrogen-bond donors (Lipinski definition) is 0. The van der Waals surface area contributed by atoms with Crippen LogP contribution in [0, 0.1) is 0 Å². The summed E-state index contributed by atoms with van der Waals surface area (Å²) in [6.07, 6.45) is 4.83. The summed E-state index contributed by atoms with van der Waals surface area (Å²) in [5.74, 6) is 1.30. The van der Waals surface area contributed by atoms with E-state index in [1.54, 1.807) is 6.07 Å². The molecule has 1 aliphatic carbocycles. The van der Waals surface area contributed by atoms with Crippen LogP contribution in [-0.4, -0.2) is 8.32 Å². The van der Waals surface area contributed by atoms with Gasteiger partial charge in [-0.1, -0.05) is 33.6 Å². The lowest BCUT2D eigenvalue weighted by Gasteiger charge is -2.36. The van der Waals surface area contributed by atoms with Gasteiger partial charge in [-0.25, -0.2) is 4.79 Å². The van der Waals surface area contributed by atoms with Crippen molar-refractivity contribution in [2.75, 3.05) is 0 Å². The van der Waals surface area contributed by atoms with Gasteiger partial charge in [0.15, 0.2) is 0 Å². The summed E-state index contributed by atoms with van der Waals surface area (Å²) >= 11 is 0. The van der Waals surface area contributed by atoms with Gasteiger partial charge in [0.1, 0.15) is 11.3 Å². The van der Waals surface area contributed by atoms with Crippen molar-refractivity contribution in [3.05, 3.63) is 40.2 Å². The van der Waals surface area contributed by atoms with E-state index in [9.17, 15) is 4.79 Å². The van der Waals surface area contributed by atoms with Gasteiger partial charge in [0.25, 0.3) is 0 Å². The van der Waals surface area contributed by atoms with E-state index in [4.69, 9.17) is 8.84 Å². The Hall–Kier alpha value is -1.55. The zero-order chi connectivity index (χ0) is 17.5. The molecule has 0 bridgehead atoms. The smallest absolute Gasteiger partial charge is 0.336 e. The zero-order valence-electron chi connectivity index (χ0n) is 15.4. The van der Waals surface area contributed by atoms with E-state index in [1.165, 1.54) is 25.7 Å². The van der Waals surface area contributed by atoms with Gasteiger partial charge < -0.3 is 8.84 Å². The Kier molecular flexibility index (Phi) is 4.37. The van der Waals surface area contributed by atoms with Crippen LogP contribution in [0.3, 0.4) is 0 Å². The van der Waals surface area contributed by atoms with E-state index in [1.807, 2.05) is 12.1 Å². The monoisotopic (exact) mass is 344 g/mol. The maximum Gasteiger partial charge on any atom is 0.336 e. The fourth-order valence-electron chi connectivity index (χ4n) is 3.25. The average Bonchev–Trinajstić information content (AvgIpc) is 2.98. The molecular weight excluding hydrogens is 316 g/mol. The lowest BCUT2D eigenvalue weighted by molar-refractivity contribution is 0.490. The molecule has 0 saturated heterocycles. The van der Waals surface area contributed by atoms with Crippen molar-refractivity contribution in [1.29, 1.82) is 0 Å². The predicted molar refractivity (Wildman–Crippen MR) is 102 cm³/mol. The van der Waals surface area contributed by atoms with Crippen molar-refractivity contribution in [3.8, 4) is 5.75 Å². The summed E-state index contributed by atoms with van der Waals surface area (Å²) in [4.78, 5) is 12.0. The molecule has 1 fully saturated rings. The SMILES string of the molecule is CC(C)(C)[Si](C)(C)Oc1ccc2c(C3CCCC3)cc(=O)oc2c1. The summed E-state index contributed by atoms with van der Waals surface area (Å²) in [6.45, 7) is 11.1. The third-order valence-electron chi connectivity index (χ3n) is 5.72. The van der Waals surface area contributed by atoms with Crippen LogP contribution < -0.4 is 10.1 Å². The minimum absolute atomic E-state index is 0.133. The van der Waals surface area contributed by atoms with Gasteiger partial charge in [-0.3, -0.25) is 0 Å². The van der Waals surface area contributed by atoms with Crippen molar-refractivity contribution in [3.63, 3.8) is 0 Å².